The number of unbranched alkanes of at least 4 members (excludes halogenated alkanes) is 2. The van der Waals surface area contributed by atoms with Crippen molar-refractivity contribution in [1.29, 1.82) is 0 Å². The first-order valence-electron chi connectivity index (χ1n) is 7.13. The summed E-state index contributed by atoms with van der Waals surface area (Å²) in [7, 11) is 0. The summed E-state index contributed by atoms with van der Waals surface area (Å²) < 4.78 is 0. The van der Waals surface area contributed by atoms with E-state index < -0.39 is 0 Å². The molecule has 1 atom stereocenters. The highest BCUT2D eigenvalue weighted by Gasteiger charge is 2.12. The van der Waals surface area contributed by atoms with Crippen LogP contribution in [0.25, 0.3) is 0 Å². The van der Waals surface area contributed by atoms with Crippen LogP contribution in [0.15, 0.2) is 24.3 Å². The second kappa shape index (κ2) is 11.0. The molecule has 0 rings (SSSR count). The van der Waals surface area contributed by atoms with E-state index in [-0.39, 0.29) is 0 Å². The third-order valence-electron chi connectivity index (χ3n) is 3.46. The van der Waals surface area contributed by atoms with Crippen LogP contribution >= 0.6 is 0 Å². The minimum atomic E-state index is 0.769. The van der Waals surface area contributed by atoms with Gasteiger partial charge in [-0.1, -0.05) is 77.7 Å². The summed E-state index contributed by atoms with van der Waals surface area (Å²) in [6.45, 7) is 9.15. The van der Waals surface area contributed by atoms with Gasteiger partial charge in [0.25, 0.3) is 0 Å². The summed E-state index contributed by atoms with van der Waals surface area (Å²) in [5.74, 6) is 1.64. The van der Waals surface area contributed by atoms with Gasteiger partial charge in [-0.25, -0.2) is 0 Å². The van der Waals surface area contributed by atoms with Gasteiger partial charge in [0.2, 0.25) is 0 Å². The van der Waals surface area contributed by atoms with Crippen LogP contribution in [0, 0.1) is 11.8 Å². The predicted molar refractivity (Wildman–Crippen MR) is 75.7 cm³/mol. The quantitative estimate of drug-likeness (QED) is 0.344. The predicted octanol–water partition coefficient (Wildman–Crippen LogP) is 5.75. The van der Waals surface area contributed by atoms with Gasteiger partial charge in [-0.05, 0) is 24.7 Å². The summed E-state index contributed by atoms with van der Waals surface area (Å²) in [6.07, 6.45) is 16.9. The minimum absolute atomic E-state index is 0.769. The first-order valence-corrected chi connectivity index (χ1v) is 7.13. The van der Waals surface area contributed by atoms with E-state index in [0.29, 0.717) is 0 Å². The third-order valence-corrected chi connectivity index (χ3v) is 3.46. The zero-order chi connectivity index (χ0) is 12.2. The van der Waals surface area contributed by atoms with Crippen molar-refractivity contribution in [2.24, 2.45) is 11.8 Å². The number of allylic oxidation sites excluding steroid dienone is 4. The van der Waals surface area contributed by atoms with Crippen molar-refractivity contribution < 1.29 is 0 Å². The zero-order valence-corrected chi connectivity index (χ0v) is 11.7. The van der Waals surface area contributed by atoms with E-state index in [0.717, 1.165) is 11.8 Å². The van der Waals surface area contributed by atoms with E-state index >= 15 is 0 Å². The second-order valence-corrected chi connectivity index (χ2v) is 4.60. The van der Waals surface area contributed by atoms with Gasteiger partial charge in [0, 0.05) is 0 Å². The molecule has 0 amide bonds. The Balaban J connectivity index is 4.00. The Morgan fingerprint density at radius 3 is 2.06 bits per heavy atom. The molecule has 0 aliphatic heterocycles. The molecule has 0 aromatic carbocycles. The molecule has 0 heterocycles. The van der Waals surface area contributed by atoms with Crippen LogP contribution in [-0.4, -0.2) is 0 Å². The Morgan fingerprint density at radius 1 is 0.875 bits per heavy atom. The van der Waals surface area contributed by atoms with Gasteiger partial charge in [0.05, 0.1) is 0 Å². The lowest BCUT2D eigenvalue weighted by Crippen LogP contribution is -2.09. The summed E-state index contributed by atoms with van der Waals surface area (Å²) in [5, 5.41) is 0. The van der Waals surface area contributed by atoms with Gasteiger partial charge in [-0.3, -0.25) is 0 Å². The largest absolute Gasteiger partial charge is 0.0845 e. The molecule has 0 aromatic rings. The van der Waals surface area contributed by atoms with E-state index in [9.17, 15) is 0 Å². The monoisotopic (exact) mass is 222 g/mol. The fourth-order valence-corrected chi connectivity index (χ4v) is 2.22. The second-order valence-electron chi connectivity index (χ2n) is 4.60. The summed E-state index contributed by atoms with van der Waals surface area (Å²) >= 11 is 0. The molecule has 0 nitrogen and oxygen atoms in total. The Bertz CT molecular complexity index is 184. The van der Waals surface area contributed by atoms with E-state index in [4.69, 9.17) is 0 Å². The number of hydrogen-bond donors (Lipinski definition) is 0. The van der Waals surface area contributed by atoms with Crippen molar-refractivity contribution in [2.45, 2.75) is 66.2 Å². The first-order chi connectivity index (χ1) is 7.79. The topological polar surface area (TPSA) is 0 Å². The maximum absolute atomic E-state index is 2.40. The molecule has 0 heteroatoms. The molecule has 0 N–H and O–H groups in total. The van der Waals surface area contributed by atoms with E-state index in [2.05, 4.69) is 52.0 Å². The molecule has 94 valence electrons. The Morgan fingerprint density at radius 2 is 1.56 bits per heavy atom. The Hall–Kier alpha value is -0.520. The van der Waals surface area contributed by atoms with Crippen LogP contribution in [0.1, 0.15) is 66.2 Å². The molecule has 0 radical (unpaired) electrons. The van der Waals surface area contributed by atoms with Crippen molar-refractivity contribution in [3.63, 3.8) is 0 Å². The van der Waals surface area contributed by atoms with Gasteiger partial charge in [0.1, 0.15) is 0 Å². The molecule has 0 fully saturated rings. The SMILES string of the molecule is CCCCC=CC=CC(CC)C(CC)CC. The lowest BCUT2D eigenvalue weighted by molar-refractivity contribution is 0.362. The van der Waals surface area contributed by atoms with Crippen LogP contribution in [0.3, 0.4) is 0 Å². The molecule has 0 saturated carbocycles. The van der Waals surface area contributed by atoms with Crippen LogP contribution in [0.5, 0.6) is 0 Å². The standard InChI is InChI=1S/C16H30/c1-5-9-10-11-12-13-14-16(8-4)15(6-2)7-3/h11-16H,5-10H2,1-4H3. The molecule has 0 spiro atoms. The van der Waals surface area contributed by atoms with E-state index in [1.165, 1.54) is 38.5 Å². The van der Waals surface area contributed by atoms with Gasteiger partial charge in [0.15, 0.2) is 0 Å². The van der Waals surface area contributed by atoms with Crippen molar-refractivity contribution in [2.75, 3.05) is 0 Å². The number of hydrogen-bond acceptors (Lipinski definition) is 0. The zero-order valence-electron chi connectivity index (χ0n) is 11.7. The van der Waals surface area contributed by atoms with E-state index in [1.807, 2.05) is 0 Å². The molecule has 16 heavy (non-hydrogen) atoms. The summed E-state index contributed by atoms with van der Waals surface area (Å²) in [4.78, 5) is 0. The van der Waals surface area contributed by atoms with Crippen LogP contribution in [-0.2, 0) is 0 Å². The molecule has 0 aliphatic carbocycles. The van der Waals surface area contributed by atoms with Crippen molar-refractivity contribution in [1.82, 2.24) is 0 Å². The van der Waals surface area contributed by atoms with Gasteiger partial charge >= 0.3 is 0 Å². The fourth-order valence-electron chi connectivity index (χ4n) is 2.22. The fraction of sp³-hybridized carbons (Fsp3) is 0.750. The van der Waals surface area contributed by atoms with Gasteiger partial charge < -0.3 is 0 Å². The molecule has 0 saturated heterocycles. The van der Waals surface area contributed by atoms with Crippen LogP contribution < -0.4 is 0 Å². The highest BCUT2D eigenvalue weighted by molar-refractivity contribution is 5.05. The Labute approximate surface area is 103 Å². The molecular weight excluding hydrogens is 192 g/mol. The van der Waals surface area contributed by atoms with Gasteiger partial charge in [-0.2, -0.15) is 0 Å². The van der Waals surface area contributed by atoms with Crippen LogP contribution in [0.2, 0.25) is 0 Å². The van der Waals surface area contributed by atoms with E-state index in [1.54, 1.807) is 0 Å². The van der Waals surface area contributed by atoms with Crippen LogP contribution in [0.4, 0.5) is 0 Å². The summed E-state index contributed by atoms with van der Waals surface area (Å²) in [5.41, 5.74) is 0. The van der Waals surface area contributed by atoms with Gasteiger partial charge in [-0.15, -0.1) is 0 Å². The molecule has 1 unspecified atom stereocenters. The normalized spacial score (nSPS) is 14.3. The third kappa shape index (κ3) is 6.87. The minimum Gasteiger partial charge on any atom is -0.0845 e. The molecular formula is C16H30. The lowest BCUT2D eigenvalue weighted by Gasteiger charge is -2.20. The number of rotatable bonds is 9. The highest BCUT2D eigenvalue weighted by atomic mass is 14.2. The molecule has 0 aliphatic rings. The van der Waals surface area contributed by atoms with Crippen molar-refractivity contribution in [3.05, 3.63) is 24.3 Å². The average molecular weight is 222 g/mol. The maximum Gasteiger partial charge on any atom is -0.0205 e. The first kappa shape index (κ1) is 15.5. The highest BCUT2D eigenvalue weighted by Crippen LogP contribution is 2.23. The maximum atomic E-state index is 2.40. The van der Waals surface area contributed by atoms with Crippen molar-refractivity contribution in [3.8, 4) is 0 Å². The smallest absolute Gasteiger partial charge is 0.0205 e. The average Bonchev–Trinajstić information content (AvgIpc) is 2.32. The molecule has 0 bridgehead atoms. The molecule has 0 aromatic heterocycles. The Kier molecular flexibility index (Phi) is 10.6. The summed E-state index contributed by atoms with van der Waals surface area (Å²) in [6, 6.07) is 0. The van der Waals surface area contributed by atoms with Crippen molar-refractivity contribution >= 4 is 0 Å². The lowest BCUT2D eigenvalue weighted by atomic mass is 9.86.